The predicted octanol–water partition coefficient (Wildman–Crippen LogP) is 2.83. The Morgan fingerprint density at radius 3 is 2.35 bits per heavy atom. The van der Waals surface area contributed by atoms with Crippen molar-refractivity contribution in [3.8, 4) is 11.1 Å². The maximum atomic E-state index is 12.5. The van der Waals surface area contributed by atoms with Gasteiger partial charge >= 0.3 is 5.97 Å². The number of carboxylic acids is 1. The molecule has 2 aromatic heterocycles. The molecule has 114 valence electrons. The van der Waals surface area contributed by atoms with Crippen LogP contribution in [0.3, 0.4) is 0 Å². The molecule has 0 aliphatic heterocycles. The van der Waals surface area contributed by atoms with Crippen molar-refractivity contribution < 1.29 is 19.5 Å². The summed E-state index contributed by atoms with van der Waals surface area (Å²) in [7, 11) is 0. The molecular weight excluding hydrogens is 294 g/mol. The molecule has 2 heterocycles. The van der Waals surface area contributed by atoms with Crippen LogP contribution in [0.5, 0.6) is 0 Å². The largest absolute Gasteiger partial charge is 0.475 e. The predicted molar refractivity (Wildman–Crippen MR) is 84.4 cm³/mol. The fraction of sp³-hybridized carbons (Fsp3) is 0.0556. The number of carbonyl (C=O) groups is 3. The summed E-state index contributed by atoms with van der Waals surface area (Å²) < 4.78 is 1.68. The van der Waals surface area contributed by atoms with Gasteiger partial charge in [-0.25, -0.2) is 4.79 Å². The fourth-order valence-corrected chi connectivity index (χ4v) is 2.55. The first-order valence-electron chi connectivity index (χ1n) is 7.03. The number of Topliss-reactive ketones (excluding diaryl/α,β-unsaturated/α-hetero) is 2. The number of ketones is 2. The Kier molecular flexibility index (Phi) is 3.76. The molecule has 5 nitrogen and oxygen atoms in total. The lowest BCUT2D eigenvalue weighted by Crippen LogP contribution is -2.18. The van der Waals surface area contributed by atoms with E-state index in [1.807, 2.05) is 48.5 Å². The standard InChI is InChI=1S/C18H13NO4/c20-15(11-16(21)18(22)23)17-14(12-6-2-1-3-7-12)10-13-8-4-5-9-19(13)17/h1-10H,11H2,(H,22,23). The molecule has 0 bridgehead atoms. The molecule has 0 saturated carbocycles. The maximum Gasteiger partial charge on any atom is 0.372 e. The molecule has 0 amide bonds. The quantitative estimate of drug-likeness (QED) is 0.447. The van der Waals surface area contributed by atoms with Gasteiger partial charge in [-0.15, -0.1) is 0 Å². The van der Waals surface area contributed by atoms with Gasteiger partial charge in [0.1, 0.15) is 0 Å². The highest BCUT2D eigenvalue weighted by atomic mass is 16.4. The van der Waals surface area contributed by atoms with Crippen molar-refractivity contribution in [3.63, 3.8) is 0 Å². The highest BCUT2D eigenvalue weighted by molar-refractivity contribution is 6.37. The number of fused-ring (bicyclic) bond motifs is 1. The summed E-state index contributed by atoms with van der Waals surface area (Å²) in [4.78, 5) is 34.6. The number of carboxylic acid groups (broad SMARTS) is 1. The molecule has 1 N–H and O–H groups in total. The summed E-state index contributed by atoms with van der Waals surface area (Å²) >= 11 is 0. The Morgan fingerprint density at radius 2 is 1.65 bits per heavy atom. The summed E-state index contributed by atoms with van der Waals surface area (Å²) in [5.74, 6) is -3.22. The van der Waals surface area contributed by atoms with Crippen LogP contribution in [-0.2, 0) is 9.59 Å². The van der Waals surface area contributed by atoms with E-state index in [1.165, 1.54) is 0 Å². The molecule has 0 radical (unpaired) electrons. The smallest absolute Gasteiger partial charge is 0.372 e. The van der Waals surface area contributed by atoms with Crippen LogP contribution in [0.2, 0.25) is 0 Å². The molecule has 3 rings (SSSR count). The van der Waals surface area contributed by atoms with Crippen molar-refractivity contribution in [1.82, 2.24) is 4.40 Å². The second-order valence-electron chi connectivity index (χ2n) is 5.10. The highest BCUT2D eigenvalue weighted by Gasteiger charge is 2.23. The topological polar surface area (TPSA) is 75.8 Å². The van der Waals surface area contributed by atoms with Crippen molar-refractivity contribution in [3.05, 3.63) is 66.5 Å². The van der Waals surface area contributed by atoms with Gasteiger partial charge in [0.15, 0.2) is 5.78 Å². The number of aliphatic carboxylic acids is 1. The lowest BCUT2D eigenvalue weighted by atomic mass is 10.0. The summed E-state index contributed by atoms with van der Waals surface area (Å²) in [6, 6.07) is 16.6. The summed E-state index contributed by atoms with van der Waals surface area (Å²) in [5, 5.41) is 8.72. The Hall–Kier alpha value is -3.21. The second kappa shape index (κ2) is 5.88. The van der Waals surface area contributed by atoms with Gasteiger partial charge < -0.3 is 9.51 Å². The van der Waals surface area contributed by atoms with Crippen LogP contribution in [0.4, 0.5) is 0 Å². The third-order valence-electron chi connectivity index (χ3n) is 3.59. The lowest BCUT2D eigenvalue weighted by molar-refractivity contribution is -0.148. The van der Waals surface area contributed by atoms with Gasteiger partial charge in [0.25, 0.3) is 0 Å². The number of pyridine rings is 1. The van der Waals surface area contributed by atoms with Crippen molar-refractivity contribution >= 4 is 23.1 Å². The number of rotatable bonds is 5. The van der Waals surface area contributed by atoms with Crippen LogP contribution in [0.1, 0.15) is 16.9 Å². The number of hydrogen-bond donors (Lipinski definition) is 1. The van der Waals surface area contributed by atoms with E-state index in [0.717, 1.165) is 11.1 Å². The van der Waals surface area contributed by atoms with Gasteiger partial charge in [-0.1, -0.05) is 36.4 Å². The van der Waals surface area contributed by atoms with Crippen molar-refractivity contribution in [2.24, 2.45) is 0 Å². The minimum atomic E-state index is -1.60. The first kappa shape index (κ1) is 14.7. The van der Waals surface area contributed by atoms with Crippen molar-refractivity contribution in [2.75, 3.05) is 0 Å². The van der Waals surface area contributed by atoms with E-state index in [0.29, 0.717) is 11.3 Å². The molecule has 3 aromatic rings. The molecular formula is C18H13NO4. The van der Waals surface area contributed by atoms with E-state index in [2.05, 4.69) is 0 Å². The number of aromatic nitrogens is 1. The van der Waals surface area contributed by atoms with Gasteiger partial charge in [-0.05, 0) is 23.8 Å². The molecule has 0 aliphatic rings. The molecule has 0 aliphatic carbocycles. The zero-order chi connectivity index (χ0) is 16.4. The first-order chi connectivity index (χ1) is 11.1. The molecule has 0 spiro atoms. The third-order valence-corrected chi connectivity index (χ3v) is 3.59. The minimum Gasteiger partial charge on any atom is -0.475 e. The molecule has 23 heavy (non-hydrogen) atoms. The van der Waals surface area contributed by atoms with Crippen LogP contribution in [-0.4, -0.2) is 27.0 Å². The van der Waals surface area contributed by atoms with E-state index in [1.54, 1.807) is 16.7 Å². The molecule has 0 saturated heterocycles. The zero-order valence-electron chi connectivity index (χ0n) is 12.1. The summed E-state index contributed by atoms with van der Waals surface area (Å²) in [6.45, 7) is 0. The van der Waals surface area contributed by atoms with Crippen molar-refractivity contribution in [1.29, 1.82) is 0 Å². The van der Waals surface area contributed by atoms with E-state index >= 15 is 0 Å². The number of hydrogen-bond acceptors (Lipinski definition) is 3. The lowest BCUT2D eigenvalue weighted by Gasteiger charge is -2.05. The number of nitrogens with zero attached hydrogens (tertiary/aromatic N) is 1. The van der Waals surface area contributed by atoms with Gasteiger partial charge in [-0.3, -0.25) is 9.59 Å². The van der Waals surface area contributed by atoms with Crippen LogP contribution in [0.15, 0.2) is 60.8 Å². The SMILES string of the molecule is O=C(O)C(=O)CC(=O)c1c(-c2ccccc2)cc2ccccn12. The molecule has 0 fully saturated rings. The summed E-state index contributed by atoms with van der Waals surface area (Å²) in [5.41, 5.74) is 2.64. The fourth-order valence-electron chi connectivity index (χ4n) is 2.55. The van der Waals surface area contributed by atoms with E-state index in [-0.39, 0.29) is 0 Å². The van der Waals surface area contributed by atoms with Gasteiger partial charge in [0.05, 0.1) is 12.1 Å². The van der Waals surface area contributed by atoms with E-state index < -0.39 is 24.0 Å². The van der Waals surface area contributed by atoms with Gasteiger partial charge in [-0.2, -0.15) is 0 Å². The first-order valence-corrected chi connectivity index (χ1v) is 7.03. The third kappa shape index (κ3) is 2.76. The Labute approximate surface area is 131 Å². The average Bonchev–Trinajstić information content (AvgIpc) is 2.95. The zero-order valence-corrected chi connectivity index (χ0v) is 12.1. The second-order valence-corrected chi connectivity index (χ2v) is 5.10. The highest BCUT2D eigenvalue weighted by Crippen LogP contribution is 2.28. The average molecular weight is 307 g/mol. The maximum absolute atomic E-state index is 12.5. The van der Waals surface area contributed by atoms with Crippen LogP contribution in [0, 0.1) is 0 Å². The van der Waals surface area contributed by atoms with Gasteiger partial charge in [0.2, 0.25) is 5.78 Å². The normalized spacial score (nSPS) is 10.6. The molecule has 1 aromatic carbocycles. The molecule has 5 heteroatoms. The monoisotopic (exact) mass is 307 g/mol. The van der Waals surface area contributed by atoms with Crippen LogP contribution in [0.25, 0.3) is 16.6 Å². The Balaban J connectivity index is 2.15. The summed E-state index contributed by atoms with van der Waals surface area (Å²) in [6.07, 6.45) is 1.07. The number of benzene rings is 1. The van der Waals surface area contributed by atoms with Crippen LogP contribution >= 0.6 is 0 Å². The van der Waals surface area contributed by atoms with E-state index in [4.69, 9.17) is 5.11 Å². The molecule has 0 atom stereocenters. The van der Waals surface area contributed by atoms with Crippen LogP contribution < -0.4 is 0 Å². The Morgan fingerprint density at radius 1 is 0.957 bits per heavy atom. The number of carbonyl (C=O) groups excluding carboxylic acids is 2. The Bertz CT molecular complexity index is 909. The van der Waals surface area contributed by atoms with E-state index in [9.17, 15) is 14.4 Å². The minimum absolute atomic E-state index is 0.321. The molecule has 0 unspecified atom stereocenters. The van der Waals surface area contributed by atoms with Gasteiger partial charge in [0, 0.05) is 17.3 Å². The van der Waals surface area contributed by atoms with Crippen molar-refractivity contribution in [2.45, 2.75) is 6.42 Å².